The van der Waals surface area contributed by atoms with Crippen LogP contribution in [0.2, 0.25) is 0 Å². The molecule has 1 amide bonds. The molecule has 0 heterocycles. The van der Waals surface area contributed by atoms with Crippen LogP contribution in [-0.2, 0) is 84.7 Å². The van der Waals surface area contributed by atoms with Gasteiger partial charge >= 0.3 is 6.09 Å². The van der Waals surface area contributed by atoms with E-state index in [-0.39, 0.29) is 103 Å². The van der Waals surface area contributed by atoms with Crippen LogP contribution in [0, 0.1) is 5.41 Å². The van der Waals surface area contributed by atoms with E-state index in [1.807, 2.05) is 0 Å². The molecule has 0 aromatic carbocycles. The van der Waals surface area contributed by atoms with Gasteiger partial charge in [-0.3, -0.25) is 5.32 Å². The first-order chi connectivity index (χ1) is 12.9. The molecule has 0 rings (SSSR count). The number of carbonyl (C=O) groups excluding carboxylic acids is 1. The average Bonchev–Trinajstić information content (AvgIpc) is 2.61. The quantitative estimate of drug-likeness (QED) is 0.0889. The second kappa shape index (κ2) is 23.9. The van der Waals surface area contributed by atoms with Crippen LogP contribution in [-0.4, -0.2) is 75.3 Å². The van der Waals surface area contributed by atoms with Crippen molar-refractivity contribution in [3.63, 3.8) is 0 Å². The molecule has 0 aromatic rings. The molecule has 0 saturated carbocycles. The Balaban J connectivity index is -0.00000338. The van der Waals surface area contributed by atoms with Gasteiger partial charge in [-0.25, -0.2) is 14.6 Å². The van der Waals surface area contributed by atoms with Crippen molar-refractivity contribution in [3.05, 3.63) is 0 Å². The van der Waals surface area contributed by atoms with Gasteiger partial charge in [0, 0.05) is 91.0 Å². The normalized spacial score (nSPS) is 11.9. The summed E-state index contributed by atoms with van der Waals surface area (Å²) >= 11 is 0. The molecule has 0 aliphatic heterocycles. The topological polar surface area (TPSA) is 119 Å². The number of hydrogen-bond donors (Lipinski definition) is 4. The Morgan fingerprint density at radius 2 is 1.66 bits per heavy atom. The van der Waals surface area contributed by atoms with Crippen LogP contribution < -0.4 is 10.6 Å². The summed E-state index contributed by atoms with van der Waals surface area (Å²) in [7, 11) is 0. The number of hydrogen-bond acceptors (Lipinski definition) is 8. The zero-order chi connectivity index (χ0) is 20.4. The number of unbranched alkanes of at least 4 members (excludes halogenated alkanes) is 1. The van der Waals surface area contributed by atoms with Gasteiger partial charge in [0.1, 0.15) is 13.3 Å². The Morgan fingerprint density at radius 1 is 0.931 bits per heavy atom. The Hall–Kier alpha value is 1.24. The van der Waals surface area contributed by atoms with Crippen LogP contribution in [0.4, 0.5) is 4.79 Å². The fourth-order valence-electron chi connectivity index (χ4n) is 2.28. The molecular weight excluding hydrogens is 534 g/mol. The number of alkyl carbamates (subject to hydrolysis) is 1. The van der Waals surface area contributed by atoms with E-state index in [9.17, 15) is 4.79 Å². The summed E-state index contributed by atoms with van der Waals surface area (Å²) < 4.78 is 9.96. The molecule has 0 aliphatic carbocycles. The van der Waals surface area contributed by atoms with Crippen molar-refractivity contribution in [1.29, 1.82) is 0 Å². The number of nitrogens with one attached hydrogen (secondary N) is 2. The summed E-state index contributed by atoms with van der Waals surface area (Å²) in [6.07, 6.45) is 2.74. The molecule has 9 nitrogen and oxygen atoms in total. The SMILES string of the molecule is CC(C)(C)C(CCCCNC(=O)OCCCO)NCOOCCOCCO.[Y].[Y]. The summed E-state index contributed by atoms with van der Waals surface area (Å²) in [6.45, 7) is 8.52. The second-order valence-corrected chi connectivity index (χ2v) is 7.18. The third-order valence-electron chi connectivity index (χ3n) is 3.79. The minimum absolute atomic E-state index is 0. The summed E-state index contributed by atoms with van der Waals surface area (Å²) in [4.78, 5) is 21.5. The van der Waals surface area contributed by atoms with Gasteiger partial charge in [-0.05, 0) is 18.3 Å². The second-order valence-electron chi connectivity index (χ2n) is 7.18. The van der Waals surface area contributed by atoms with Crippen LogP contribution in [0.15, 0.2) is 0 Å². The minimum atomic E-state index is -0.442. The maximum absolute atomic E-state index is 11.4. The Labute approximate surface area is 225 Å². The molecule has 0 fully saturated rings. The van der Waals surface area contributed by atoms with E-state index in [4.69, 9.17) is 29.5 Å². The van der Waals surface area contributed by atoms with Gasteiger partial charge in [0.05, 0.1) is 26.4 Å². The molecule has 0 aromatic heterocycles. The van der Waals surface area contributed by atoms with Gasteiger partial charge in [0.25, 0.3) is 0 Å². The van der Waals surface area contributed by atoms with Gasteiger partial charge in [-0.15, -0.1) is 0 Å². The fourth-order valence-corrected chi connectivity index (χ4v) is 2.28. The van der Waals surface area contributed by atoms with Gasteiger partial charge in [0.2, 0.25) is 0 Å². The minimum Gasteiger partial charge on any atom is -0.449 e. The largest absolute Gasteiger partial charge is 0.449 e. The van der Waals surface area contributed by atoms with Crippen molar-refractivity contribution in [1.82, 2.24) is 10.6 Å². The summed E-state index contributed by atoms with van der Waals surface area (Å²) in [5, 5.41) is 23.2. The van der Waals surface area contributed by atoms with Gasteiger partial charge < -0.3 is 25.0 Å². The third kappa shape index (κ3) is 23.7. The van der Waals surface area contributed by atoms with Crippen molar-refractivity contribution in [2.75, 3.05) is 52.9 Å². The molecule has 1 atom stereocenters. The van der Waals surface area contributed by atoms with E-state index < -0.39 is 6.09 Å². The van der Waals surface area contributed by atoms with Crippen molar-refractivity contribution < 1.29 is 99.7 Å². The van der Waals surface area contributed by atoms with E-state index in [1.54, 1.807) is 0 Å². The molecule has 168 valence electrons. The maximum atomic E-state index is 11.4. The molecule has 11 heteroatoms. The van der Waals surface area contributed by atoms with Crippen molar-refractivity contribution in [2.45, 2.75) is 52.5 Å². The zero-order valence-electron chi connectivity index (χ0n) is 18.2. The molecule has 0 saturated heterocycles. The first kappa shape index (κ1) is 34.8. The van der Waals surface area contributed by atoms with Crippen LogP contribution >= 0.6 is 0 Å². The van der Waals surface area contributed by atoms with Crippen LogP contribution in [0.5, 0.6) is 0 Å². The number of ether oxygens (including phenoxy) is 2. The monoisotopic (exact) mass is 572 g/mol. The zero-order valence-corrected chi connectivity index (χ0v) is 23.8. The van der Waals surface area contributed by atoms with Crippen LogP contribution in [0.3, 0.4) is 0 Å². The van der Waals surface area contributed by atoms with E-state index in [2.05, 4.69) is 31.4 Å². The predicted octanol–water partition coefficient (Wildman–Crippen LogP) is 1.18. The smallest absolute Gasteiger partial charge is 0.407 e. The Morgan fingerprint density at radius 3 is 2.28 bits per heavy atom. The third-order valence-corrected chi connectivity index (χ3v) is 3.79. The van der Waals surface area contributed by atoms with E-state index >= 15 is 0 Å². The molecule has 4 N–H and O–H groups in total. The summed E-state index contributed by atoms with van der Waals surface area (Å²) in [5.74, 6) is 0. The molecule has 2 radical (unpaired) electrons. The number of aliphatic hydroxyl groups is 2. The van der Waals surface area contributed by atoms with Crippen LogP contribution in [0.25, 0.3) is 0 Å². The maximum Gasteiger partial charge on any atom is 0.407 e. The van der Waals surface area contributed by atoms with Crippen molar-refractivity contribution >= 4 is 6.09 Å². The van der Waals surface area contributed by atoms with Gasteiger partial charge in [0.15, 0.2) is 0 Å². The fraction of sp³-hybridized carbons (Fsp3) is 0.944. The number of rotatable bonds is 17. The summed E-state index contributed by atoms with van der Waals surface area (Å²) in [6, 6.07) is 0.239. The van der Waals surface area contributed by atoms with E-state index in [0.29, 0.717) is 32.8 Å². The van der Waals surface area contributed by atoms with Crippen molar-refractivity contribution in [2.24, 2.45) is 5.41 Å². The standard InChI is InChI=1S/C18H38N2O7.2Y/c1-18(2,3)16(20-15-27-26-14-13-24-12-10-22)7-4-5-8-19-17(23)25-11-6-9-21;;/h16,20-22H,4-15H2,1-3H3,(H,19,23);;. The predicted molar refractivity (Wildman–Crippen MR) is 101 cm³/mol. The molecule has 29 heavy (non-hydrogen) atoms. The molecule has 0 aliphatic rings. The molecular formula is C18H38N2O7Y2. The number of aliphatic hydroxyl groups excluding tert-OH is 2. The Bertz CT molecular complexity index is 362. The number of carbonyl (C=O) groups is 1. The summed E-state index contributed by atoms with van der Waals surface area (Å²) in [5.41, 5.74) is 0.0598. The van der Waals surface area contributed by atoms with E-state index in [0.717, 1.165) is 19.3 Å². The average molecular weight is 572 g/mol. The first-order valence-corrected chi connectivity index (χ1v) is 9.59. The molecule has 0 bridgehead atoms. The molecule has 0 spiro atoms. The van der Waals surface area contributed by atoms with E-state index in [1.165, 1.54) is 0 Å². The van der Waals surface area contributed by atoms with Crippen molar-refractivity contribution in [3.8, 4) is 0 Å². The van der Waals surface area contributed by atoms with Crippen LogP contribution in [0.1, 0.15) is 46.5 Å². The Kier molecular flexibility index (Phi) is 28.7. The molecule has 1 unspecified atom stereocenters. The first-order valence-electron chi connectivity index (χ1n) is 9.59. The number of amides is 1. The van der Waals surface area contributed by atoms with Gasteiger partial charge in [-0.1, -0.05) is 27.2 Å². The van der Waals surface area contributed by atoms with Gasteiger partial charge in [-0.2, -0.15) is 0 Å².